The summed E-state index contributed by atoms with van der Waals surface area (Å²) in [5, 5.41) is 8.65. The molecule has 0 saturated carbocycles. The van der Waals surface area contributed by atoms with E-state index in [0.29, 0.717) is 40.8 Å². The number of carbonyl (C=O) groups is 4. The first-order valence-electron chi connectivity index (χ1n) is 12.5. The summed E-state index contributed by atoms with van der Waals surface area (Å²) >= 11 is 6.49. The van der Waals surface area contributed by atoms with Gasteiger partial charge < -0.3 is 28.4 Å². The number of hydrogen-bond acceptors (Lipinski definition) is 12. The van der Waals surface area contributed by atoms with Gasteiger partial charge in [-0.05, 0) is 30.2 Å². The third-order valence-corrected chi connectivity index (χ3v) is 6.12. The predicted octanol–water partition coefficient (Wildman–Crippen LogP) is 2.92. The molecule has 3 rings (SSSR count). The van der Waals surface area contributed by atoms with E-state index in [9.17, 15) is 19.2 Å². The van der Waals surface area contributed by atoms with Crippen LogP contribution in [0.25, 0.3) is 0 Å². The van der Waals surface area contributed by atoms with Gasteiger partial charge in [0.2, 0.25) is 5.88 Å². The third-order valence-electron chi connectivity index (χ3n) is 5.75. The molecule has 1 fully saturated rings. The third kappa shape index (κ3) is 8.36. The van der Waals surface area contributed by atoms with E-state index in [1.54, 1.807) is 30.3 Å². The van der Waals surface area contributed by atoms with Crippen LogP contribution in [0.4, 0.5) is 0 Å². The Kier molecular flexibility index (Phi) is 10.8. The number of carbonyl (C=O) groups excluding carboxylic acids is 4. The monoisotopic (exact) mass is 578 g/mol. The fraction of sp³-hybridized carbons (Fsp3) is 0.481. The molecule has 0 radical (unpaired) electrons. The van der Waals surface area contributed by atoms with Gasteiger partial charge in [0.15, 0.2) is 18.3 Å². The standard InChI is InChI=1S/C27H31ClN2O10/c1-6-35-23-10-8-20(29-30-23)12-19-11-18(7-9-21(19)28)24-26(38-16(4)33)27(39-17(5)34)25(37-15(3)32)22(40-24)13-36-14(2)31/h7-11,22,24-27H,6,12-13H2,1-5H3/t22-,24-,25+,26-,27-/m0/s1. The van der Waals surface area contributed by atoms with Crippen LogP contribution >= 0.6 is 11.6 Å². The first kappa shape index (κ1) is 30.8. The summed E-state index contributed by atoms with van der Waals surface area (Å²) in [7, 11) is 0. The lowest BCUT2D eigenvalue weighted by Crippen LogP contribution is -2.59. The molecule has 1 aliphatic rings. The highest BCUT2D eigenvalue weighted by molar-refractivity contribution is 6.31. The second-order valence-corrected chi connectivity index (χ2v) is 9.35. The maximum Gasteiger partial charge on any atom is 0.303 e. The van der Waals surface area contributed by atoms with Gasteiger partial charge in [0.05, 0.1) is 12.3 Å². The number of benzene rings is 1. The zero-order chi connectivity index (χ0) is 29.4. The van der Waals surface area contributed by atoms with Crippen molar-refractivity contribution in [3.63, 3.8) is 0 Å². The fourth-order valence-corrected chi connectivity index (χ4v) is 4.45. The number of halogens is 1. The second kappa shape index (κ2) is 14.0. The highest BCUT2D eigenvalue weighted by Gasteiger charge is 2.52. The van der Waals surface area contributed by atoms with Crippen molar-refractivity contribution in [3.05, 3.63) is 52.2 Å². The van der Waals surface area contributed by atoms with E-state index in [1.807, 2.05) is 6.92 Å². The molecule has 0 N–H and O–H groups in total. The van der Waals surface area contributed by atoms with E-state index in [2.05, 4.69) is 10.2 Å². The Balaban J connectivity index is 2.03. The van der Waals surface area contributed by atoms with E-state index in [-0.39, 0.29) is 6.61 Å². The Morgan fingerprint density at radius 3 is 2.08 bits per heavy atom. The van der Waals surface area contributed by atoms with Gasteiger partial charge >= 0.3 is 23.9 Å². The van der Waals surface area contributed by atoms with E-state index >= 15 is 0 Å². The second-order valence-electron chi connectivity index (χ2n) is 8.94. The lowest BCUT2D eigenvalue weighted by Gasteiger charge is -2.44. The molecule has 1 aromatic carbocycles. The van der Waals surface area contributed by atoms with Gasteiger partial charge in [-0.25, -0.2) is 0 Å². The molecule has 0 unspecified atom stereocenters. The number of rotatable bonds is 10. The van der Waals surface area contributed by atoms with E-state index < -0.39 is 54.4 Å². The van der Waals surface area contributed by atoms with Crippen molar-refractivity contribution in [2.75, 3.05) is 13.2 Å². The largest absolute Gasteiger partial charge is 0.477 e. The van der Waals surface area contributed by atoms with Crippen LogP contribution in [-0.4, -0.2) is 71.7 Å². The number of nitrogens with zero attached hydrogens (tertiary/aromatic N) is 2. The number of hydrogen-bond donors (Lipinski definition) is 0. The topological polar surface area (TPSA) is 149 Å². The highest BCUT2D eigenvalue weighted by atomic mass is 35.5. The van der Waals surface area contributed by atoms with Crippen LogP contribution in [0.3, 0.4) is 0 Å². The quantitative estimate of drug-likeness (QED) is 0.301. The Bertz CT molecular complexity index is 1220. The summed E-state index contributed by atoms with van der Waals surface area (Å²) < 4.78 is 33.2. The van der Waals surface area contributed by atoms with Crippen LogP contribution in [0.15, 0.2) is 30.3 Å². The van der Waals surface area contributed by atoms with Crippen LogP contribution < -0.4 is 4.74 Å². The normalized spacial score (nSPS) is 22.1. The minimum absolute atomic E-state index is 0.303. The summed E-state index contributed by atoms with van der Waals surface area (Å²) in [6, 6.07) is 8.50. The van der Waals surface area contributed by atoms with Gasteiger partial charge in [-0.3, -0.25) is 19.2 Å². The van der Waals surface area contributed by atoms with Crippen molar-refractivity contribution in [2.45, 2.75) is 71.6 Å². The highest BCUT2D eigenvalue weighted by Crippen LogP contribution is 2.39. The number of ether oxygens (including phenoxy) is 6. The molecule has 0 spiro atoms. The molecular formula is C27H31ClN2O10. The van der Waals surface area contributed by atoms with Crippen molar-refractivity contribution in [1.29, 1.82) is 0 Å². The van der Waals surface area contributed by atoms with Crippen molar-refractivity contribution in [1.82, 2.24) is 10.2 Å². The molecule has 0 aliphatic carbocycles. The minimum Gasteiger partial charge on any atom is -0.477 e. The molecule has 40 heavy (non-hydrogen) atoms. The van der Waals surface area contributed by atoms with Gasteiger partial charge in [-0.1, -0.05) is 23.7 Å². The van der Waals surface area contributed by atoms with Crippen molar-refractivity contribution in [2.24, 2.45) is 0 Å². The molecule has 2 aromatic rings. The van der Waals surface area contributed by atoms with Crippen LogP contribution in [0, 0.1) is 0 Å². The zero-order valence-corrected chi connectivity index (χ0v) is 23.5. The predicted molar refractivity (Wildman–Crippen MR) is 138 cm³/mol. The smallest absolute Gasteiger partial charge is 0.303 e. The molecule has 1 aliphatic heterocycles. The van der Waals surface area contributed by atoms with E-state index in [0.717, 1.165) is 6.92 Å². The average Bonchev–Trinajstić information content (AvgIpc) is 2.87. The minimum atomic E-state index is -1.28. The fourth-order valence-electron chi connectivity index (χ4n) is 4.27. The summed E-state index contributed by atoms with van der Waals surface area (Å²) in [5.74, 6) is -2.31. The molecule has 13 heteroatoms. The molecule has 5 atom stereocenters. The number of aromatic nitrogens is 2. The maximum atomic E-state index is 12.1. The number of esters is 4. The Hall–Kier alpha value is -3.77. The van der Waals surface area contributed by atoms with Gasteiger partial charge in [0, 0.05) is 45.2 Å². The summed E-state index contributed by atoms with van der Waals surface area (Å²) in [5.41, 5.74) is 1.78. The van der Waals surface area contributed by atoms with Crippen molar-refractivity contribution >= 4 is 35.5 Å². The maximum absolute atomic E-state index is 12.1. The Labute approximate surface area is 236 Å². The zero-order valence-electron chi connectivity index (χ0n) is 22.7. The molecule has 1 aromatic heterocycles. The molecular weight excluding hydrogens is 548 g/mol. The molecule has 1 saturated heterocycles. The molecule has 216 valence electrons. The summed E-state index contributed by atoms with van der Waals surface area (Å²) in [6.07, 6.45) is -5.53. The Morgan fingerprint density at radius 1 is 0.850 bits per heavy atom. The van der Waals surface area contributed by atoms with Gasteiger partial charge in [-0.15, -0.1) is 5.10 Å². The molecule has 0 bridgehead atoms. The molecule has 2 heterocycles. The summed E-state index contributed by atoms with van der Waals surface area (Å²) in [6.45, 7) is 6.70. The first-order chi connectivity index (χ1) is 19.0. The van der Waals surface area contributed by atoms with Crippen molar-refractivity contribution in [3.8, 4) is 5.88 Å². The van der Waals surface area contributed by atoms with Crippen LogP contribution in [-0.2, 0) is 49.3 Å². The van der Waals surface area contributed by atoms with Crippen LogP contribution in [0.5, 0.6) is 5.88 Å². The first-order valence-corrected chi connectivity index (χ1v) is 12.9. The van der Waals surface area contributed by atoms with Gasteiger partial charge in [-0.2, -0.15) is 5.10 Å². The van der Waals surface area contributed by atoms with E-state index in [1.165, 1.54) is 20.8 Å². The van der Waals surface area contributed by atoms with Gasteiger partial charge in [0.25, 0.3) is 0 Å². The lowest BCUT2D eigenvalue weighted by atomic mass is 9.89. The Morgan fingerprint density at radius 2 is 1.50 bits per heavy atom. The summed E-state index contributed by atoms with van der Waals surface area (Å²) in [4.78, 5) is 47.8. The van der Waals surface area contributed by atoms with Crippen LogP contribution in [0.1, 0.15) is 57.5 Å². The van der Waals surface area contributed by atoms with Crippen LogP contribution in [0.2, 0.25) is 5.02 Å². The average molecular weight is 579 g/mol. The lowest BCUT2D eigenvalue weighted by molar-refractivity contribution is -0.254. The SMILES string of the molecule is CCOc1ccc(Cc2cc([C@@H]3O[C@@H](COC(C)=O)[C@@H](OC(C)=O)[C@H](OC(C)=O)[C@H]3OC(C)=O)ccc2Cl)nn1. The van der Waals surface area contributed by atoms with Crippen molar-refractivity contribution < 1.29 is 47.6 Å². The van der Waals surface area contributed by atoms with E-state index in [4.69, 9.17) is 40.0 Å². The van der Waals surface area contributed by atoms with Gasteiger partial charge in [0.1, 0.15) is 18.8 Å². The molecule has 0 amide bonds. The molecule has 12 nitrogen and oxygen atoms in total.